The minimum atomic E-state index is -3.97. The van der Waals surface area contributed by atoms with E-state index in [0.717, 1.165) is 22.4 Å². The van der Waals surface area contributed by atoms with Gasteiger partial charge < -0.3 is 14.6 Å². The van der Waals surface area contributed by atoms with Gasteiger partial charge in [-0.15, -0.1) is 0 Å². The van der Waals surface area contributed by atoms with Crippen molar-refractivity contribution < 1.29 is 39.9 Å². The van der Waals surface area contributed by atoms with Crippen molar-refractivity contribution in [1.82, 2.24) is 19.9 Å². The summed E-state index contributed by atoms with van der Waals surface area (Å²) in [5, 5.41) is 0. The summed E-state index contributed by atoms with van der Waals surface area (Å²) in [6.45, 7) is -1.22. The van der Waals surface area contributed by atoms with Crippen molar-refractivity contribution in [3.8, 4) is 0 Å². The maximum Gasteiger partial charge on any atom is 0.282 e. The monoisotopic (exact) mass is 666 g/mol. The molecule has 1 amide bonds. The van der Waals surface area contributed by atoms with Gasteiger partial charge in [0.25, 0.3) is 5.92 Å². The lowest BCUT2D eigenvalue weighted by molar-refractivity contribution is -0.174. The highest BCUT2D eigenvalue weighted by atomic mass is 35.5. The molecule has 1 atom stereocenters. The third-order valence-electron chi connectivity index (χ3n) is 8.86. The molecule has 0 unspecified atom stereocenters. The standard InChI is InChI=1S/C27H28ClF5N4O4S2/c28-24-34-11-19(42-24)43(39,40)12-16(15-3-5-26(30,31)6-4-15)22-35-18-2-1-17(20(29)21(18)36-22)25(7-9-41-10-8-25)23(38)37-13-27(32,33)14-37/h1-2,11,15-16H,3-10,12-14H2,(H,35,36)/t16-/m0/s1. The van der Waals surface area contributed by atoms with E-state index in [1.807, 2.05) is 0 Å². The van der Waals surface area contributed by atoms with E-state index in [1.165, 1.54) is 12.1 Å². The number of nitrogens with zero attached hydrogens (tertiary/aromatic N) is 3. The molecule has 6 rings (SSSR count). The summed E-state index contributed by atoms with van der Waals surface area (Å²) in [5.41, 5.74) is -1.35. The molecule has 2 saturated heterocycles. The molecule has 16 heteroatoms. The van der Waals surface area contributed by atoms with E-state index in [2.05, 4.69) is 15.0 Å². The molecule has 3 aliphatic rings. The van der Waals surface area contributed by atoms with E-state index in [4.69, 9.17) is 16.3 Å². The molecule has 1 N–H and O–H groups in total. The Morgan fingerprint density at radius 1 is 1.12 bits per heavy atom. The highest BCUT2D eigenvalue weighted by Crippen LogP contribution is 2.45. The first kappa shape index (κ1) is 30.7. The van der Waals surface area contributed by atoms with Crippen LogP contribution in [-0.4, -0.2) is 78.1 Å². The first-order valence-corrected chi connectivity index (χ1v) is 16.7. The Morgan fingerprint density at radius 3 is 2.40 bits per heavy atom. The van der Waals surface area contributed by atoms with Gasteiger partial charge in [-0.1, -0.05) is 29.0 Å². The van der Waals surface area contributed by atoms with Gasteiger partial charge in [-0.3, -0.25) is 4.79 Å². The van der Waals surface area contributed by atoms with Crippen LogP contribution < -0.4 is 0 Å². The molecule has 43 heavy (non-hydrogen) atoms. The number of fused-ring (bicyclic) bond motifs is 1. The van der Waals surface area contributed by atoms with Gasteiger partial charge in [0.05, 0.1) is 36.0 Å². The minimum Gasteiger partial charge on any atom is -0.381 e. The number of imidazole rings is 1. The molecular formula is C27H28ClF5N4O4S2. The highest BCUT2D eigenvalue weighted by molar-refractivity contribution is 7.93. The van der Waals surface area contributed by atoms with Crippen molar-refractivity contribution in [2.75, 3.05) is 32.1 Å². The van der Waals surface area contributed by atoms with Crippen LogP contribution in [0.3, 0.4) is 0 Å². The molecule has 0 bridgehead atoms. The molecule has 1 saturated carbocycles. The lowest BCUT2D eigenvalue weighted by Crippen LogP contribution is -2.63. The quantitative estimate of drug-likeness (QED) is 0.324. The number of H-pyrrole nitrogens is 1. The molecule has 0 spiro atoms. The summed E-state index contributed by atoms with van der Waals surface area (Å²) in [5.74, 6) is -9.01. The zero-order chi connectivity index (χ0) is 30.8. The van der Waals surface area contributed by atoms with Gasteiger partial charge in [-0.25, -0.2) is 40.3 Å². The van der Waals surface area contributed by atoms with E-state index in [9.17, 15) is 30.8 Å². The molecule has 1 aliphatic carbocycles. The molecule has 3 aromatic rings. The van der Waals surface area contributed by atoms with Gasteiger partial charge in [0, 0.05) is 37.5 Å². The topological polar surface area (TPSA) is 105 Å². The number of hydrogen-bond acceptors (Lipinski definition) is 7. The number of likely N-dealkylation sites (tertiary alicyclic amines) is 1. The van der Waals surface area contributed by atoms with Crippen molar-refractivity contribution >= 4 is 49.7 Å². The van der Waals surface area contributed by atoms with Gasteiger partial charge in [0.15, 0.2) is 20.1 Å². The second-order valence-corrected chi connectivity index (χ2v) is 15.5. The van der Waals surface area contributed by atoms with E-state index < -0.39 is 82.3 Å². The number of thiazole rings is 1. The lowest BCUT2D eigenvalue weighted by atomic mass is 9.72. The predicted octanol–water partition coefficient (Wildman–Crippen LogP) is 5.72. The van der Waals surface area contributed by atoms with Gasteiger partial charge >= 0.3 is 0 Å². The fraction of sp³-hybridized carbons (Fsp3) is 0.593. The van der Waals surface area contributed by atoms with E-state index in [-0.39, 0.29) is 70.0 Å². The molecule has 1 aromatic carbocycles. The number of carbonyl (C=O) groups excluding carboxylic acids is 1. The van der Waals surface area contributed by atoms with Crippen LogP contribution in [0, 0.1) is 11.7 Å². The number of hydrogen-bond donors (Lipinski definition) is 1. The van der Waals surface area contributed by atoms with Crippen LogP contribution in [-0.2, 0) is 24.8 Å². The van der Waals surface area contributed by atoms with Crippen LogP contribution in [0.5, 0.6) is 0 Å². The average Bonchev–Trinajstić information content (AvgIpc) is 3.58. The third-order valence-corrected chi connectivity index (χ3v) is 12.3. The van der Waals surface area contributed by atoms with Crippen molar-refractivity contribution in [2.24, 2.45) is 5.92 Å². The number of aromatic nitrogens is 3. The molecule has 8 nitrogen and oxygen atoms in total. The van der Waals surface area contributed by atoms with Crippen LogP contribution in [0.4, 0.5) is 22.0 Å². The Balaban J connectivity index is 1.38. The summed E-state index contributed by atoms with van der Waals surface area (Å²) in [4.78, 5) is 25.8. The normalized spacial score (nSPS) is 22.8. The molecule has 2 aliphatic heterocycles. The van der Waals surface area contributed by atoms with Crippen molar-refractivity contribution in [2.45, 2.75) is 65.9 Å². The van der Waals surface area contributed by atoms with Crippen molar-refractivity contribution in [3.63, 3.8) is 0 Å². The Morgan fingerprint density at radius 2 is 1.79 bits per heavy atom. The Bertz CT molecular complexity index is 1640. The number of nitrogens with one attached hydrogen (secondary N) is 1. The number of benzene rings is 1. The number of sulfone groups is 1. The van der Waals surface area contributed by atoms with Gasteiger partial charge in [-0.2, -0.15) is 0 Å². The third kappa shape index (κ3) is 5.77. The molecule has 0 radical (unpaired) electrons. The second-order valence-electron chi connectivity index (χ2n) is 11.7. The van der Waals surface area contributed by atoms with Crippen LogP contribution in [0.25, 0.3) is 11.0 Å². The molecular weight excluding hydrogens is 639 g/mol. The van der Waals surface area contributed by atoms with Gasteiger partial charge in [-0.05, 0) is 37.7 Å². The van der Waals surface area contributed by atoms with Crippen LogP contribution in [0.1, 0.15) is 55.8 Å². The summed E-state index contributed by atoms with van der Waals surface area (Å²) in [6.07, 6.45) is 0.559. The minimum absolute atomic E-state index is 0.00217. The fourth-order valence-corrected chi connectivity index (χ4v) is 9.53. The maximum absolute atomic E-state index is 16.3. The molecule has 3 fully saturated rings. The zero-order valence-corrected chi connectivity index (χ0v) is 25.1. The van der Waals surface area contributed by atoms with E-state index in [1.54, 1.807) is 0 Å². The van der Waals surface area contributed by atoms with Crippen LogP contribution in [0.15, 0.2) is 22.5 Å². The summed E-state index contributed by atoms with van der Waals surface area (Å²) in [6, 6.07) is 2.94. The number of carbonyl (C=O) groups is 1. The number of ether oxygens (including phenoxy) is 1. The Labute approximate surface area is 252 Å². The largest absolute Gasteiger partial charge is 0.381 e. The first-order chi connectivity index (χ1) is 20.2. The van der Waals surface area contributed by atoms with Crippen molar-refractivity contribution in [3.05, 3.63) is 40.0 Å². The molecule has 4 heterocycles. The number of alkyl halides is 4. The summed E-state index contributed by atoms with van der Waals surface area (Å²) < 4.78 is 104. The van der Waals surface area contributed by atoms with Gasteiger partial charge in [0.2, 0.25) is 11.8 Å². The SMILES string of the molecule is O=C(N1CC(F)(F)C1)C1(c2ccc3[nH]c([C@@H](CS(=O)(=O)c4cnc(Cl)s4)C4CCC(F)(F)CC4)nc3c2F)CCOCC1. The zero-order valence-electron chi connectivity index (χ0n) is 22.7. The number of amides is 1. The summed E-state index contributed by atoms with van der Waals surface area (Å²) >= 11 is 6.63. The number of rotatable bonds is 7. The van der Waals surface area contributed by atoms with E-state index in [0.29, 0.717) is 0 Å². The maximum atomic E-state index is 16.3. The van der Waals surface area contributed by atoms with Crippen LogP contribution >= 0.6 is 22.9 Å². The second kappa shape index (κ2) is 10.9. The van der Waals surface area contributed by atoms with Crippen molar-refractivity contribution in [1.29, 1.82) is 0 Å². The first-order valence-electron chi connectivity index (χ1n) is 13.9. The summed E-state index contributed by atoms with van der Waals surface area (Å²) in [7, 11) is -3.97. The number of aromatic amines is 1. The Hall–Kier alpha value is -2.36. The molecule has 234 valence electrons. The fourth-order valence-electron chi connectivity index (χ4n) is 6.49. The lowest BCUT2D eigenvalue weighted by Gasteiger charge is -2.46. The average molecular weight is 667 g/mol. The van der Waals surface area contributed by atoms with Crippen LogP contribution in [0.2, 0.25) is 4.47 Å². The van der Waals surface area contributed by atoms with E-state index >= 15 is 4.39 Å². The Kier molecular flexibility index (Phi) is 7.78. The smallest absolute Gasteiger partial charge is 0.282 e. The highest BCUT2D eigenvalue weighted by Gasteiger charge is 2.54. The predicted molar refractivity (Wildman–Crippen MR) is 148 cm³/mol. The molecule has 2 aromatic heterocycles. The van der Waals surface area contributed by atoms with Gasteiger partial charge in [0.1, 0.15) is 15.6 Å². The number of halogens is 6.